The van der Waals surface area contributed by atoms with Crippen LogP contribution in [-0.2, 0) is 0 Å². The van der Waals surface area contributed by atoms with Gasteiger partial charge in [0, 0.05) is 16.2 Å². The topological polar surface area (TPSA) is 13.1 Å². The van der Waals surface area contributed by atoms with Gasteiger partial charge in [0.15, 0.2) is 0 Å². The zero-order valence-electron chi connectivity index (χ0n) is 41.3. The normalized spacial score (nSPS) is 16.9. The molecule has 0 aliphatic rings. The summed E-state index contributed by atoms with van der Waals surface area (Å²) in [5.41, 5.74) is 0.825. The van der Waals surface area contributed by atoms with E-state index in [9.17, 15) is 2.74 Å². The summed E-state index contributed by atoms with van der Waals surface area (Å²) in [5.74, 6) is 0. The lowest BCUT2D eigenvalue weighted by atomic mass is 9.83. The van der Waals surface area contributed by atoms with Gasteiger partial charge in [0.1, 0.15) is 11.2 Å². The van der Waals surface area contributed by atoms with Gasteiger partial charge in [0.25, 0.3) is 0 Å². The van der Waals surface area contributed by atoms with Crippen LogP contribution in [0.15, 0.2) is 174 Å². The molecule has 218 valence electrons. The fourth-order valence-electron chi connectivity index (χ4n) is 6.76. The molecule has 1 heteroatoms. The molecular formula is C46H28O. The first-order chi connectivity index (χ1) is 30.4. The van der Waals surface area contributed by atoms with Gasteiger partial charge in [0.2, 0.25) is 0 Å². The van der Waals surface area contributed by atoms with Crippen molar-refractivity contribution in [2.75, 3.05) is 0 Å². The van der Waals surface area contributed by atoms with Gasteiger partial charge in [-0.25, -0.2) is 0 Å². The van der Waals surface area contributed by atoms with Crippen molar-refractivity contribution in [2.45, 2.75) is 0 Å². The van der Waals surface area contributed by atoms with Crippen LogP contribution >= 0.6 is 0 Å². The number of hydrogen-bond acceptors (Lipinski definition) is 1. The molecule has 0 unspecified atom stereocenters. The van der Waals surface area contributed by atoms with Crippen LogP contribution in [0.2, 0.25) is 0 Å². The second kappa shape index (κ2) is 10.2. The molecule has 1 heterocycles. The van der Waals surface area contributed by atoms with Crippen molar-refractivity contribution in [2.24, 2.45) is 0 Å². The zero-order chi connectivity index (χ0) is 45.7. The largest absolute Gasteiger partial charge is 0.455 e. The molecule has 1 aromatic heterocycles. The summed E-state index contributed by atoms with van der Waals surface area (Å²) >= 11 is 0. The highest BCUT2D eigenvalue weighted by Crippen LogP contribution is 2.49. The molecule has 0 aliphatic heterocycles. The lowest BCUT2D eigenvalue weighted by Gasteiger charge is -2.19. The third-order valence-corrected chi connectivity index (χ3v) is 8.64. The van der Waals surface area contributed by atoms with E-state index in [-0.39, 0.29) is 49.2 Å². The van der Waals surface area contributed by atoms with Crippen molar-refractivity contribution in [3.8, 4) is 33.4 Å². The third-order valence-electron chi connectivity index (χ3n) is 8.64. The molecule has 0 atom stereocenters. The van der Waals surface area contributed by atoms with Gasteiger partial charge in [-0.15, -0.1) is 0 Å². The molecular weight excluding hydrogens is 569 g/mol. The first kappa shape index (κ1) is 14.5. The maximum atomic E-state index is 9.91. The number of benzene rings is 9. The van der Waals surface area contributed by atoms with E-state index >= 15 is 0 Å². The van der Waals surface area contributed by atoms with Gasteiger partial charge in [-0.1, -0.05) is 157 Å². The molecule has 0 N–H and O–H groups in total. The van der Waals surface area contributed by atoms with E-state index in [1.54, 1.807) is 54.6 Å². The fraction of sp³-hybridized carbons (Fsp3) is 0. The maximum absolute atomic E-state index is 9.91. The van der Waals surface area contributed by atoms with Crippen LogP contribution in [-0.4, -0.2) is 0 Å². The van der Waals surface area contributed by atoms with E-state index in [0.717, 1.165) is 0 Å². The molecule has 0 fully saturated rings. The zero-order valence-corrected chi connectivity index (χ0v) is 24.3. The second-order valence-electron chi connectivity index (χ2n) is 11.1. The third kappa shape index (κ3) is 3.84. The van der Waals surface area contributed by atoms with Crippen LogP contribution in [0, 0.1) is 0 Å². The quantitative estimate of drug-likeness (QED) is 0.181. The first-order valence-electron chi connectivity index (χ1n) is 23.3. The minimum Gasteiger partial charge on any atom is -0.455 e. The van der Waals surface area contributed by atoms with Crippen molar-refractivity contribution >= 4 is 65.0 Å². The molecule has 0 saturated heterocycles. The van der Waals surface area contributed by atoms with Gasteiger partial charge in [-0.05, 0) is 83.2 Å². The van der Waals surface area contributed by atoms with Crippen molar-refractivity contribution in [1.82, 2.24) is 0 Å². The molecule has 0 aliphatic carbocycles. The summed E-state index contributed by atoms with van der Waals surface area (Å²) in [4.78, 5) is 0. The molecule has 0 radical (unpaired) electrons. The monoisotopic (exact) mass is 613 g/mol. The van der Waals surface area contributed by atoms with E-state index in [1.807, 2.05) is 12.1 Å². The minimum absolute atomic E-state index is 0.0335. The Balaban J connectivity index is 1.43. The molecule has 0 bridgehead atoms. The summed E-state index contributed by atoms with van der Waals surface area (Å²) in [6.45, 7) is 0. The highest BCUT2D eigenvalue weighted by molar-refractivity contribution is 6.28. The Kier molecular flexibility index (Phi) is 3.14. The van der Waals surface area contributed by atoms with Crippen LogP contribution in [0.4, 0.5) is 0 Å². The minimum atomic E-state index is -0.700. The summed E-state index contributed by atoms with van der Waals surface area (Å²) in [5, 5.41) is 1.79. The van der Waals surface area contributed by atoms with Crippen molar-refractivity contribution < 1.29 is 27.7 Å². The van der Waals surface area contributed by atoms with E-state index in [2.05, 4.69) is 0 Å². The van der Waals surface area contributed by atoms with Crippen LogP contribution in [0.25, 0.3) is 98.4 Å². The summed E-state index contributed by atoms with van der Waals surface area (Å²) in [6.07, 6.45) is 0. The van der Waals surface area contributed by atoms with Crippen molar-refractivity contribution in [3.05, 3.63) is 169 Å². The van der Waals surface area contributed by atoms with Gasteiger partial charge >= 0.3 is 0 Å². The SMILES string of the molecule is [2H]c1c([2H])c([2H])c(-c2c([2H])c3c(oc4cccc(-c5c6ccccc6c(-c6c([2H])c([2H])c([2H])c7c([2H])c([2H])c([2H])c([2H])c67)c6ccccc56)c43)c3c([2H])c([2H])c([2H])c([2H])c23)c([2H])c1[2H]. The highest BCUT2D eigenvalue weighted by Gasteiger charge is 2.22. The molecule has 10 aromatic rings. The van der Waals surface area contributed by atoms with E-state index in [1.165, 1.54) is 0 Å². The van der Waals surface area contributed by atoms with E-state index in [0.29, 0.717) is 43.6 Å². The van der Waals surface area contributed by atoms with Gasteiger partial charge in [0.05, 0.1) is 23.3 Å². The number of hydrogen-bond donors (Lipinski definition) is 0. The Morgan fingerprint density at radius 2 is 1.00 bits per heavy atom. The number of fused-ring (bicyclic) bond motifs is 8. The number of furan rings is 1. The summed E-state index contributed by atoms with van der Waals surface area (Å²) in [7, 11) is 0. The Morgan fingerprint density at radius 3 is 1.72 bits per heavy atom. The Morgan fingerprint density at radius 1 is 0.404 bits per heavy atom. The van der Waals surface area contributed by atoms with E-state index < -0.39 is 108 Å². The van der Waals surface area contributed by atoms with Crippen molar-refractivity contribution in [3.63, 3.8) is 0 Å². The molecule has 0 amide bonds. The lowest BCUT2D eigenvalue weighted by Crippen LogP contribution is -1.92. The summed E-state index contributed by atoms with van der Waals surface area (Å²) < 4.78 is 157. The predicted molar refractivity (Wildman–Crippen MR) is 200 cm³/mol. The maximum Gasteiger partial charge on any atom is 0.143 e. The fourth-order valence-corrected chi connectivity index (χ4v) is 6.76. The Hall–Kier alpha value is -6.18. The van der Waals surface area contributed by atoms with Crippen molar-refractivity contribution in [1.29, 1.82) is 0 Å². The van der Waals surface area contributed by atoms with Gasteiger partial charge in [-0.2, -0.15) is 0 Å². The average molecular weight is 614 g/mol. The molecule has 0 spiro atoms. The average Bonchev–Trinajstić information content (AvgIpc) is 3.69. The first-order valence-corrected chi connectivity index (χ1v) is 14.8. The second-order valence-corrected chi connectivity index (χ2v) is 11.1. The van der Waals surface area contributed by atoms with Gasteiger partial charge < -0.3 is 4.42 Å². The molecule has 0 saturated carbocycles. The molecule has 1 nitrogen and oxygen atoms in total. The van der Waals surface area contributed by atoms with Crippen LogP contribution in [0.3, 0.4) is 0 Å². The van der Waals surface area contributed by atoms with Crippen LogP contribution in [0.1, 0.15) is 23.3 Å². The predicted octanol–water partition coefficient (Wildman–Crippen LogP) is 13.2. The smallest absolute Gasteiger partial charge is 0.143 e. The van der Waals surface area contributed by atoms with E-state index in [4.69, 9.17) is 25.0 Å². The molecule has 9 aromatic carbocycles. The lowest BCUT2D eigenvalue weighted by molar-refractivity contribution is 0.673. The molecule has 47 heavy (non-hydrogen) atoms. The molecule has 10 rings (SSSR count). The van der Waals surface area contributed by atoms with Crippen LogP contribution < -0.4 is 0 Å². The highest BCUT2D eigenvalue weighted by atomic mass is 16.3. The summed E-state index contributed by atoms with van der Waals surface area (Å²) in [6, 6.07) is 9.56. The van der Waals surface area contributed by atoms with Crippen LogP contribution in [0.5, 0.6) is 0 Å². The standard InChI is InChI=1S/C46H28O/c1-2-14-30(15-3-1)40-28-41-45-39(26-13-27-42(45)47-46(41)38-24-11-6-19-32(38)40)44-36-22-9-7-20-34(36)43(35-21-8-10-23-37(35)44)33-25-12-17-29-16-4-5-18-31(29)33/h1-28H/i1D,2D,3D,4D,5D,6D,11D,12D,14D,15D,16D,17D,18D,19D,24D,25D,28D. The Bertz CT molecular complexity index is 3720. The Labute approximate surface area is 295 Å². The number of rotatable bonds is 3. The van der Waals surface area contributed by atoms with Gasteiger partial charge in [-0.3, -0.25) is 0 Å².